The molecular formula is C16H23N3O. The van der Waals surface area contributed by atoms with E-state index in [2.05, 4.69) is 37.9 Å². The molecule has 1 aromatic carbocycles. The van der Waals surface area contributed by atoms with E-state index in [-0.39, 0.29) is 0 Å². The topological polar surface area (TPSA) is 41.3 Å². The Morgan fingerprint density at radius 3 is 2.15 bits per heavy atom. The molecular weight excluding hydrogens is 250 g/mol. The van der Waals surface area contributed by atoms with Crippen molar-refractivity contribution in [3.8, 4) is 11.4 Å². The molecule has 0 unspecified atom stereocenters. The van der Waals surface area contributed by atoms with Gasteiger partial charge in [-0.3, -0.25) is 0 Å². The minimum absolute atomic E-state index is 0.616. The first-order chi connectivity index (χ1) is 9.31. The lowest BCUT2D eigenvalue weighted by molar-refractivity contribution is 0.172. The van der Waals surface area contributed by atoms with Crippen LogP contribution in [0, 0.1) is 27.7 Å². The van der Waals surface area contributed by atoms with E-state index in [1.54, 1.807) is 0 Å². The molecule has 4 heteroatoms. The number of aryl methyl sites for hydroxylation is 3. The molecule has 2 aromatic rings. The largest absolute Gasteiger partial charge is 0.427 e. The highest BCUT2D eigenvalue weighted by Gasteiger charge is 2.16. The predicted octanol–water partition coefficient (Wildman–Crippen LogP) is 3.08. The summed E-state index contributed by atoms with van der Waals surface area (Å²) in [6, 6.07) is 4.16. The molecule has 0 saturated carbocycles. The fourth-order valence-corrected chi connectivity index (χ4v) is 2.38. The second kappa shape index (κ2) is 5.29. The molecule has 2 rings (SSSR count). The molecule has 0 saturated heterocycles. The first-order valence-electron chi connectivity index (χ1n) is 6.81. The standard InChI is InChI=1S/C16H23N3O/c1-10-7-14(8-11(2)12(10)3)16-17-13(4)15(19(16)20)9-18(5)6/h7-8,20H,9H2,1-6H3. The molecule has 4 nitrogen and oxygen atoms in total. The van der Waals surface area contributed by atoms with E-state index in [4.69, 9.17) is 0 Å². The number of imidazole rings is 1. The normalized spacial score (nSPS) is 11.3. The highest BCUT2D eigenvalue weighted by molar-refractivity contribution is 5.60. The molecule has 20 heavy (non-hydrogen) atoms. The number of hydrogen-bond acceptors (Lipinski definition) is 3. The molecule has 1 aromatic heterocycles. The van der Waals surface area contributed by atoms with Gasteiger partial charge in [-0.25, -0.2) is 4.98 Å². The third kappa shape index (κ3) is 2.56. The molecule has 0 atom stereocenters. The van der Waals surface area contributed by atoms with Gasteiger partial charge in [0.2, 0.25) is 0 Å². The van der Waals surface area contributed by atoms with Crippen LogP contribution < -0.4 is 0 Å². The predicted molar refractivity (Wildman–Crippen MR) is 81.2 cm³/mol. The van der Waals surface area contributed by atoms with Crippen molar-refractivity contribution in [3.63, 3.8) is 0 Å². The van der Waals surface area contributed by atoms with E-state index in [1.807, 2.05) is 25.9 Å². The average molecular weight is 273 g/mol. The molecule has 0 aliphatic rings. The van der Waals surface area contributed by atoms with E-state index in [0.29, 0.717) is 12.4 Å². The van der Waals surface area contributed by atoms with Crippen LogP contribution in [-0.2, 0) is 6.54 Å². The van der Waals surface area contributed by atoms with Crippen LogP contribution in [0.5, 0.6) is 0 Å². The van der Waals surface area contributed by atoms with Crippen molar-refractivity contribution in [3.05, 3.63) is 40.2 Å². The van der Waals surface area contributed by atoms with Crippen molar-refractivity contribution >= 4 is 0 Å². The van der Waals surface area contributed by atoms with Gasteiger partial charge in [0, 0.05) is 12.1 Å². The number of nitrogens with zero attached hydrogens (tertiary/aromatic N) is 3. The third-order valence-corrected chi connectivity index (χ3v) is 3.80. The molecule has 0 aliphatic heterocycles. The average Bonchev–Trinajstić information content (AvgIpc) is 2.63. The molecule has 0 aliphatic carbocycles. The van der Waals surface area contributed by atoms with Crippen molar-refractivity contribution in [2.75, 3.05) is 14.1 Å². The van der Waals surface area contributed by atoms with Crippen molar-refractivity contribution < 1.29 is 5.21 Å². The first-order valence-corrected chi connectivity index (χ1v) is 6.81. The number of benzene rings is 1. The fraction of sp³-hybridized carbons (Fsp3) is 0.438. The van der Waals surface area contributed by atoms with Gasteiger partial charge in [-0.05, 0) is 70.6 Å². The zero-order valence-electron chi connectivity index (χ0n) is 13.2. The van der Waals surface area contributed by atoms with Crippen LogP contribution in [-0.4, -0.2) is 33.9 Å². The Bertz CT molecular complexity index is 618. The quantitative estimate of drug-likeness (QED) is 0.874. The number of hydrogen-bond donors (Lipinski definition) is 1. The molecule has 0 spiro atoms. The summed E-state index contributed by atoms with van der Waals surface area (Å²) in [5.41, 5.74) is 6.38. The van der Waals surface area contributed by atoms with E-state index in [0.717, 1.165) is 17.0 Å². The highest BCUT2D eigenvalue weighted by atomic mass is 16.5. The van der Waals surface area contributed by atoms with Crippen LogP contribution in [0.1, 0.15) is 28.1 Å². The Morgan fingerprint density at radius 2 is 1.65 bits per heavy atom. The van der Waals surface area contributed by atoms with E-state index in [1.165, 1.54) is 21.4 Å². The van der Waals surface area contributed by atoms with E-state index < -0.39 is 0 Å². The molecule has 0 fully saturated rings. The van der Waals surface area contributed by atoms with Gasteiger partial charge in [0.05, 0.1) is 11.4 Å². The van der Waals surface area contributed by atoms with Crippen LogP contribution in [0.15, 0.2) is 12.1 Å². The molecule has 1 N–H and O–H groups in total. The van der Waals surface area contributed by atoms with Crippen LogP contribution in [0.25, 0.3) is 11.4 Å². The maximum absolute atomic E-state index is 10.4. The Morgan fingerprint density at radius 1 is 1.10 bits per heavy atom. The van der Waals surface area contributed by atoms with Gasteiger partial charge in [0.25, 0.3) is 0 Å². The molecule has 108 valence electrons. The Balaban J connectivity index is 2.54. The van der Waals surface area contributed by atoms with E-state index >= 15 is 0 Å². The lowest BCUT2D eigenvalue weighted by Crippen LogP contribution is -2.15. The van der Waals surface area contributed by atoms with Gasteiger partial charge in [0.15, 0.2) is 5.82 Å². The van der Waals surface area contributed by atoms with E-state index in [9.17, 15) is 5.21 Å². The van der Waals surface area contributed by atoms with Gasteiger partial charge in [-0.15, -0.1) is 0 Å². The summed E-state index contributed by atoms with van der Waals surface area (Å²) < 4.78 is 1.22. The van der Waals surface area contributed by atoms with Crippen LogP contribution in [0.3, 0.4) is 0 Å². The monoisotopic (exact) mass is 273 g/mol. The minimum atomic E-state index is 0.616. The molecule has 0 amide bonds. The zero-order chi connectivity index (χ0) is 15.0. The summed E-state index contributed by atoms with van der Waals surface area (Å²) in [6.07, 6.45) is 0. The molecule has 0 radical (unpaired) electrons. The smallest absolute Gasteiger partial charge is 0.175 e. The van der Waals surface area contributed by atoms with Gasteiger partial charge < -0.3 is 10.1 Å². The summed E-state index contributed by atoms with van der Waals surface area (Å²) in [6.45, 7) is 8.89. The lowest BCUT2D eigenvalue weighted by atomic mass is 10.0. The Hall–Kier alpha value is -1.81. The highest BCUT2D eigenvalue weighted by Crippen LogP contribution is 2.26. The van der Waals surface area contributed by atoms with Crippen LogP contribution in [0.2, 0.25) is 0 Å². The number of aromatic nitrogens is 2. The third-order valence-electron chi connectivity index (χ3n) is 3.80. The zero-order valence-corrected chi connectivity index (χ0v) is 13.2. The van der Waals surface area contributed by atoms with Gasteiger partial charge in [-0.2, -0.15) is 4.73 Å². The van der Waals surface area contributed by atoms with Gasteiger partial charge in [0.1, 0.15) is 0 Å². The summed E-state index contributed by atoms with van der Waals surface area (Å²) >= 11 is 0. The second-order valence-electron chi connectivity index (χ2n) is 5.75. The summed E-state index contributed by atoms with van der Waals surface area (Å²) in [5, 5.41) is 10.4. The Kier molecular flexibility index (Phi) is 3.86. The van der Waals surface area contributed by atoms with Gasteiger partial charge >= 0.3 is 0 Å². The number of rotatable bonds is 3. The molecule has 0 bridgehead atoms. The maximum atomic E-state index is 10.4. The fourth-order valence-electron chi connectivity index (χ4n) is 2.38. The summed E-state index contributed by atoms with van der Waals surface area (Å²) in [7, 11) is 3.96. The van der Waals surface area contributed by atoms with Crippen molar-refractivity contribution in [1.29, 1.82) is 0 Å². The Labute approximate surface area is 120 Å². The van der Waals surface area contributed by atoms with Gasteiger partial charge in [-0.1, -0.05) is 0 Å². The van der Waals surface area contributed by atoms with Crippen LogP contribution in [0.4, 0.5) is 0 Å². The minimum Gasteiger partial charge on any atom is -0.427 e. The maximum Gasteiger partial charge on any atom is 0.175 e. The summed E-state index contributed by atoms with van der Waals surface area (Å²) in [4.78, 5) is 6.55. The van der Waals surface area contributed by atoms with Crippen molar-refractivity contribution in [1.82, 2.24) is 14.6 Å². The van der Waals surface area contributed by atoms with Crippen molar-refractivity contribution in [2.24, 2.45) is 0 Å². The molecule has 1 heterocycles. The lowest BCUT2D eigenvalue weighted by Gasteiger charge is -2.11. The SMILES string of the molecule is Cc1cc(-c2nc(C)c(CN(C)C)n2O)cc(C)c1C. The first kappa shape index (κ1) is 14.6. The van der Waals surface area contributed by atoms with Crippen molar-refractivity contribution in [2.45, 2.75) is 34.2 Å². The second-order valence-corrected chi connectivity index (χ2v) is 5.75. The summed E-state index contributed by atoms with van der Waals surface area (Å²) in [5.74, 6) is 0.616. The van der Waals surface area contributed by atoms with Crippen LogP contribution >= 0.6 is 0 Å².